The molecule has 2 aromatic carbocycles. The Bertz CT molecular complexity index is 1220. The molecular formula is C20H13N3O4. The Morgan fingerprint density at radius 3 is 2.44 bits per heavy atom. The van der Waals surface area contributed by atoms with Crippen LogP contribution in [0.25, 0.3) is 28.7 Å². The van der Waals surface area contributed by atoms with Gasteiger partial charge < -0.3 is 4.42 Å². The molecule has 0 spiro atoms. The van der Waals surface area contributed by atoms with Crippen molar-refractivity contribution < 1.29 is 9.34 Å². The molecule has 7 nitrogen and oxygen atoms in total. The van der Waals surface area contributed by atoms with Crippen LogP contribution in [0.4, 0.5) is 5.88 Å². The first kappa shape index (κ1) is 16.5. The lowest BCUT2D eigenvalue weighted by Crippen LogP contribution is -2.22. The molecule has 0 aliphatic rings. The summed E-state index contributed by atoms with van der Waals surface area (Å²) in [6.45, 7) is 0. The van der Waals surface area contributed by atoms with Crippen molar-refractivity contribution in [3.63, 3.8) is 0 Å². The molecule has 0 bridgehead atoms. The average Bonchev–Trinajstić information content (AvgIpc) is 3.17. The highest BCUT2D eigenvalue weighted by atomic mass is 16.6. The molecule has 2 heterocycles. The minimum atomic E-state index is -0.606. The van der Waals surface area contributed by atoms with Crippen LogP contribution in [0.2, 0.25) is 0 Å². The number of hydrogen-bond donors (Lipinski definition) is 0. The SMILES string of the molecule is O=c1c2ccccc2nc(C=Cc2ccc([N+](=O)[O-])o2)n1-c1ccccc1. The topological polar surface area (TPSA) is 91.2 Å². The molecule has 27 heavy (non-hydrogen) atoms. The summed E-state index contributed by atoms with van der Waals surface area (Å²) in [7, 11) is 0. The minimum absolute atomic E-state index is 0.197. The number of furan rings is 1. The van der Waals surface area contributed by atoms with Gasteiger partial charge in [-0.2, -0.15) is 0 Å². The number of aromatic nitrogens is 2. The van der Waals surface area contributed by atoms with Crippen molar-refractivity contribution >= 4 is 28.9 Å². The second kappa shape index (κ2) is 6.72. The van der Waals surface area contributed by atoms with Gasteiger partial charge in [-0.05, 0) is 42.5 Å². The van der Waals surface area contributed by atoms with Crippen LogP contribution in [-0.4, -0.2) is 14.5 Å². The highest BCUT2D eigenvalue weighted by molar-refractivity contribution is 5.79. The summed E-state index contributed by atoms with van der Waals surface area (Å²) >= 11 is 0. The van der Waals surface area contributed by atoms with Gasteiger partial charge in [0.1, 0.15) is 16.5 Å². The zero-order chi connectivity index (χ0) is 18.8. The van der Waals surface area contributed by atoms with E-state index in [0.717, 1.165) is 0 Å². The normalized spacial score (nSPS) is 11.3. The van der Waals surface area contributed by atoms with E-state index < -0.39 is 4.92 Å². The van der Waals surface area contributed by atoms with E-state index in [0.29, 0.717) is 28.2 Å². The standard InChI is InChI=1S/C20H13N3O4/c24-20-16-8-4-5-9-17(16)21-18(22(20)14-6-2-1-3-7-14)12-10-15-11-13-19(27-15)23(25)26/h1-13H. The van der Waals surface area contributed by atoms with E-state index in [4.69, 9.17) is 4.42 Å². The quantitative estimate of drug-likeness (QED) is 0.405. The van der Waals surface area contributed by atoms with Crippen molar-refractivity contribution in [1.82, 2.24) is 9.55 Å². The van der Waals surface area contributed by atoms with Crippen molar-refractivity contribution in [2.45, 2.75) is 0 Å². The number of fused-ring (bicyclic) bond motifs is 1. The highest BCUT2D eigenvalue weighted by Crippen LogP contribution is 2.19. The van der Waals surface area contributed by atoms with Gasteiger partial charge >= 0.3 is 5.88 Å². The van der Waals surface area contributed by atoms with Crippen molar-refractivity contribution in [3.8, 4) is 5.69 Å². The Labute approximate surface area is 153 Å². The lowest BCUT2D eigenvalue weighted by Gasteiger charge is -2.11. The minimum Gasteiger partial charge on any atom is -0.401 e. The fourth-order valence-electron chi connectivity index (χ4n) is 2.77. The van der Waals surface area contributed by atoms with Crippen LogP contribution >= 0.6 is 0 Å². The number of benzene rings is 2. The van der Waals surface area contributed by atoms with Gasteiger partial charge in [-0.1, -0.05) is 30.3 Å². The summed E-state index contributed by atoms with van der Waals surface area (Å²) in [6.07, 6.45) is 3.15. The van der Waals surface area contributed by atoms with Crippen molar-refractivity contribution in [2.24, 2.45) is 0 Å². The zero-order valence-electron chi connectivity index (χ0n) is 14.0. The first-order valence-corrected chi connectivity index (χ1v) is 8.13. The Hall–Kier alpha value is -4.00. The Morgan fingerprint density at radius 1 is 0.963 bits per heavy atom. The van der Waals surface area contributed by atoms with E-state index in [1.165, 1.54) is 16.7 Å². The maximum absolute atomic E-state index is 13.0. The molecule has 2 aromatic heterocycles. The Kier molecular flexibility index (Phi) is 4.10. The lowest BCUT2D eigenvalue weighted by atomic mass is 10.2. The van der Waals surface area contributed by atoms with Crippen LogP contribution in [0, 0.1) is 10.1 Å². The molecular weight excluding hydrogens is 346 g/mol. The molecule has 0 aliphatic carbocycles. The van der Waals surface area contributed by atoms with Crippen LogP contribution < -0.4 is 5.56 Å². The first-order valence-electron chi connectivity index (χ1n) is 8.13. The molecule has 0 saturated carbocycles. The van der Waals surface area contributed by atoms with Gasteiger partial charge in [0.25, 0.3) is 5.56 Å². The van der Waals surface area contributed by atoms with E-state index in [2.05, 4.69) is 4.98 Å². The molecule has 132 valence electrons. The smallest absolute Gasteiger partial charge is 0.401 e. The van der Waals surface area contributed by atoms with Crippen molar-refractivity contribution in [2.75, 3.05) is 0 Å². The number of para-hydroxylation sites is 2. The fraction of sp³-hybridized carbons (Fsp3) is 0. The van der Waals surface area contributed by atoms with E-state index in [1.807, 2.05) is 36.4 Å². The van der Waals surface area contributed by atoms with Gasteiger partial charge in [0.05, 0.1) is 22.7 Å². The predicted molar refractivity (Wildman–Crippen MR) is 102 cm³/mol. The third-order valence-electron chi connectivity index (χ3n) is 4.01. The Morgan fingerprint density at radius 2 is 1.70 bits per heavy atom. The van der Waals surface area contributed by atoms with Crippen LogP contribution in [-0.2, 0) is 0 Å². The van der Waals surface area contributed by atoms with E-state index in [9.17, 15) is 14.9 Å². The summed E-state index contributed by atoms with van der Waals surface area (Å²) in [4.78, 5) is 27.7. The predicted octanol–water partition coefficient (Wildman–Crippen LogP) is 4.06. The van der Waals surface area contributed by atoms with Gasteiger partial charge in [0, 0.05) is 0 Å². The maximum atomic E-state index is 13.0. The lowest BCUT2D eigenvalue weighted by molar-refractivity contribution is -0.402. The van der Waals surface area contributed by atoms with Gasteiger partial charge in [-0.15, -0.1) is 0 Å². The monoisotopic (exact) mass is 359 g/mol. The molecule has 0 N–H and O–H groups in total. The van der Waals surface area contributed by atoms with Crippen molar-refractivity contribution in [1.29, 1.82) is 0 Å². The molecule has 4 aromatic rings. The summed E-state index contributed by atoms with van der Waals surface area (Å²) in [6, 6.07) is 19.0. The second-order valence-corrected chi connectivity index (χ2v) is 5.73. The van der Waals surface area contributed by atoms with E-state index in [-0.39, 0.29) is 11.4 Å². The van der Waals surface area contributed by atoms with Crippen LogP contribution in [0.1, 0.15) is 11.6 Å². The second-order valence-electron chi connectivity index (χ2n) is 5.73. The summed E-state index contributed by atoms with van der Waals surface area (Å²) in [5.74, 6) is 0.342. The molecule has 0 amide bonds. The molecule has 0 radical (unpaired) electrons. The first-order chi connectivity index (χ1) is 13.1. The van der Waals surface area contributed by atoms with Gasteiger partial charge in [0.2, 0.25) is 0 Å². The molecule has 4 rings (SSSR count). The average molecular weight is 359 g/mol. The van der Waals surface area contributed by atoms with Gasteiger partial charge in [0.15, 0.2) is 0 Å². The molecule has 0 saturated heterocycles. The maximum Gasteiger partial charge on any atom is 0.433 e. The van der Waals surface area contributed by atoms with Crippen LogP contribution in [0.15, 0.2) is 75.9 Å². The summed E-state index contributed by atoms with van der Waals surface area (Å²) < 4.78 is 6.63. The number of hydrogen-bond acceptors (Lipinski definition) is 5. The molecule has 0 atom stereocenters. The van der Waals surface area contributed by atoms with Crippen LogP contribution in [0.3, 0.4) is 0 Å². The fourth-order valence-corrected chi connectivity index (χ4v) is 2.77. The number of nitro groups is 1. The third-order valence-corrected chi connectivity index (χ3v) is 4.01. The highest BCUT2D eigenvalue weighted by Gasteiger charge is 2.12. The molecule has 0 unspecified atom stereocenters. The molecule has 0 fully saturated rings. The summed E-state index contributed by atoms with van der Waals surface area (Å²) in [5.41, 5.74) is 1.04. The van der Waals surface area contributed by atoms with E-state index in [1.54, 1.807) is 30.4 Å². The van der Waals surface area contributed by atoms with Gasteiger partial charge in [-0.3, -0.25) is 19.5 Å². The van der Waals surface area contributed by atoms with Crippen molar-refractivity contribution in [3.05, 3.63) is 98.8 Å². The largest absolute Gasteiger partial charge is 0.433 e. The third kappa shape index (κ3) is 3.13. The molecule has 7 heteroatoms. The van der Waals surface area contributed by atoms with Crippen LogP contribution in [0.5, 0.6) is 0 Å². The van der Waals surface area contributed by atoms with Gasteiger partial charge in [-0.25, -0.2) is 4.98 Å². The summed E-state index contributed by atoms with van der Waals surface area (Å²) in [5, 5.41) is 11.3. The van der Waals surface area contributed by atoms with E-state index >= 15 is 0 Å². The zero-order valence-corrected chi connectivity index (χ0v) is 14.0. The Balaban J connectivity index is 1.89. The molecule has 0 aliphatic heterocycles. The number of nitrogens with zero attached hydrogens (tertiary/aromatic N) is 3. The number of rotatable bonds is 4.